The molecule has 5 heteroatoms. The standard InChI is InChI=1S/C19H27N3O2/c1-13(2)24-18-6-4-5-15(8-18)10-22-11-16(19(23)12-22)9-17-7-14(3)20-21-17/h4-8,13,16,19,23H,9-12H2,1-3H3,(H,20,21)/t16-,19-/m1/s1. The van der Waals surface area contributed by atoms with Crippen LogP contribution in [0.2, 0.25) is 0 Å². The SMILES string of the molecule is Cc1cc(C[C@@H]2CN(Cc3cccc(OC(C)C)c3)C[C@H]2O)n[nH]1. The number of likely N-dealkylation sites (tertiary alicyclic amines) is 1. The summed E-state index contributed by atoms with van der Waals surface area (Å²) < 4.78 is 5.76. The third kappa shape index (κ3) is 4.36. The van der Waals surface area contributed by atoms with Gasteiger partial charge in [-0.1, -0.05) is 12.1 Å². The predicted molar refractivity (Wildman–Crippen MR) is 94.0 cm³/mol. The van der Waals surface area contributed by atoms with E-state index in [0.717, 1.165) is 36.6 Å². The Morgan fingerprint density at radius 2 is 2.17 bits per heavy atom. The zero-order chi connectivity index (χ0) is 17.1. The van der Waals surface area contributed by atoms with Crippen LogP contribution in [0.5, 0.6) is 5.75 Å². The van der Waals surface area contributed by atoms with Crippen molar-refractivity contribution in [3.63, 3.8) is 0 Å². The van der Waals surface area contributed by atoms with E-state index in [4.69, 9.17) is 4.74 Å². The van der Waals surface area contributed by atoms with Crippen molar-refractivity contribution in [2.75, 3.05) is 13.1 Å². The minimum Gasteiger partial charge on any atom is -0.491 e. The van der Waals surface area contributed by atoms with Crippen LogP contribution in [0.4, 0.5) is 0 Å². The van der Waals surface area contributed by atoms with Crippen molar-refractivity contribution in [1.82, 2.24) is 15.1 Å². The minimum atomic E-state index is -0.294. The molecule has 1 aliphatic rings. The summed E-state index contributed by atoms with van der Waals surface area (Å²) in [7, 11) is 0. The molecule has 0 spiro atoms. The van der Waals surface area contributed by atoms with Gasteiger partial charge >= 0.3 is 0 Å². The van der Waals surface area contributed by atoms with Gasteiger partial charge < -0.3 is 9.84 Å². The third-order valence-corrected chi connectivity index (χ3v) is 4.39. The van der Waals surface area contributed by atoms with Gasteiger partial charge in [-0.05, 0) is 51.0 Å². The topological polar surface area (TPSA) is 61.4 Å². The van der Waals surface area contributed by atoms with Gasteiger partial charge in [0.25, 0.3) is 0 Å². The number of nitrogens with zero attached hydrogens (tertiary/aromatic N) is 2. The molecular weight excluding hydrogens is 302 g/mol. The average Bonchev–Trinajstić information content (AvgIpc) is 3.05. The van der Waals surface area contributed by atoms with Crippen LogP contribution in [0.3, 0.4) is 0 Å². The smallest absolute Gasteiger partial charge is 0.120 e. The summed E-state index contributed by atoms with van der Waals surface area (Å²) >= 11 is 0. The normalized spacial score (nSPS) is 21.5. The van der Waals surface area contributed by atoms with E-state index < -0.39 is 0 Å². The maximum atomic E-state index is 10.4. The number of benzene rings is 1. The Hall–Kier alpha value is -1.85. The van der Waals surface area contributed by atoms with E-state index in [1.165, 1.54) is 5.56 Å². The number of H-pyrrole nitrogens is 1. The van der Waals surface area contributed by atoms with Crippen molar-refractivity contribution in [1.29, 1.82) is 0 Å². The first-order valence-electron chi connectivity index (χ1n) is 8.66. The molecule has 0 saturated carbocycles. The number of hydrogen-bond acceptors (Lipinski definition) is 4. The maximum Gasteiger partial charge on any atom is 0.120 e. The summed E-state index contributed by atoms with van der Waals surface area (Å²) in [5.74, 6) is 1.15. The molecule has 0 aliphatic carbocycles. The molecule has 1 aliphatic heterocycles. The van der Waals surface area contributed by atoms with Crippen molar-refractivity contribution in [3.05, 3.63) is 47.3 Å². The van der Waals surface area contributed by atoms with Gasteiger partial charge in [0.15, 0.2) is 0 Å². The zero-order valence-electron chi connectivity index (χ0n) is 14.7. The fraction of sp³-hybridized carbons (Fsp3) is 0.526. The van der Waals surface area contributed by atoms with Crippen LogP contribution in [0.1, 0.15) is 30.8 Å². The second-order valence-corrected chi connectivity index (χ2v) is 7.08. The van der Waals surface area contributed by atoms with Crippen LogP contribution < -0.4 is 4.74 Å². The number of aliphatic hydroxyl groups excluding tert-OH is 1. The number of aromatic nitrogens is 2. The molecule has 0 bridgehead atoms. The second-order valence-electron chi connectivity index (χ2n) is 7.08. The first-order chi connectivity index (χ1) is 11.5. The lowest BCUT2D eigenvalue weighted by Crippen LogP contribution is -2.21. The van der Waals surface area contributed by atoms with Crippen molar-refractivity contribution in [2.24, 2.45) is 5.92 Å². The summed E-state index contributed by atoms with van der Waals surface area (Å²) in [6.07, 6.45) is 0.700. The van der Waals surface area contributed by atoms with Crippen LogP contribution in [0.25, 0.3) is 0 Å². The van der Waals surface area contributed by atoms with Gasteiger partial charge in [-0.15, -0.1) is 0 Å². The quantitative estimate of drug-likeness (QED) is 0.855. The van der Waals surface area contributed by atoms with E-state index in [9.17, 15) is 5.11 Å². The van der Waals surface area contributed by atoms with Crippen molar-refractivity contribution < 1.29 is 9.84 Å². The second kappa shape index (κ2) is 7.36. The molecule has 1 aromatic heterocycles. The molecule has 1 fully saturated rings. The number of aryl methyl sites for hydroxylation is 1. The van der Waals surface area contributed by atoms with Crippen LogP contribution in [-0.2, 0) is 13.0 Å². The van der Waals surface area contributed by atoms with Crippen LogP contribution in [0, 0.1) is 12.8 Å². The van der Waals surface area contributed by atoms with Crippen LogP contribution in [-0.4, -0.2) is 45.5 Å². The summed E-state index contributed by atoms with van der Waals surface area (Å²) in [4.78, 5) is 2.31. The molecule has 2 heterocycles. The Labute approximate surface area is 143 Å². The third-order valence-electron chi connectivity index (χ3n) is 4.39. The fourth-order valence-electron chi connectivity index (χ4n) is 3.37. The Balaban J connectivity index is 1.58. The number of hydrogen-bond donors (Lipinski definition) is 2. The van der Waals surface area contributed by atoms with Crippen molar-refractivity contribution >= 4 is 0 Å². The molecule has 24 heavy (non-hydrogen) atoms. The summed E-state index contributed by atoms with van der Waals surface area (Å²) in [5.41, 5.74) is 3.32. The minimum absolute atomic E-state index is 0.176. The lowest BCUT2D eigenvalue weighted by atomic mass is 10.0. The van der Waals surface area contributed by atoms with Gasteiger partial charge in [0.05, 0.1) is 17.9 Å². The van der Waals surface area contributed by atoms with Gasteiger partial charge in [0.1, 0.15) is 5.75 Å². The number of rotatable bonds is 6. The highest BCUT2D eigenvalue weighted by atomic mass is 16.5. The van der Waals surface area contributed by atoms with Crippen molar-refractivity contribution in [2.45, 2.75) is 45.9 Å². The maximum absolute atomic E-state index is 10.4. The number of β-amino-alcohol motifs (C(OH)–C–C–N with tert-alkyl or cyclic N) is 1. The molecule has 2 atom stereocenters. The molecule has 0 radical (unpaired) electrons. The highest BCUT2D eigenvalue weighted by Crippen LogP contribution is 2.24. The summed E-state index contributed by atoms with van der Waals surface area (Å²) in [6, 6.07) is 10.3. The van der Waals surface area contributed by atoms with E-state index in [2.05, 4.69) is 33.3 Å². The highest BCUT2D eigenvalue weighted by molar-refractivity contribution is 5.28. The zero-order valence-corrected chi connectivity index (χ0v) is 14.7. The predicted octanol–water partition coefficient (Wildman–Crippen LogP) is 2.54. The summed E-state index contributed by atoms with van der Waals surface area (Å²) in [6.45, 7) is 8.50. The Morgan fingerprint density at radius 3 is 2.88 bits per heavy atom. The lowest BCUT2D eigenvalue weighted by Gasteiger charge is -2.17. The molecule has 2 aromatic rings. The molecule has 1 aromatic carbocycles. The number of ether oxygens (including phenoxy) is 1. The highest BCUT2D eigenvalue weighted by Gasteiger charge is 2.31. The number of aromatic amines is 1. The van der Waals surface area contributed by atoms with Crippen molar-refractivity contribution in [3.8, 4) is 5.75 Å². The monoisotopic (exact) mass is 329 g/mol. The molecular formula is C19H27N3O2. The molecule has 1 saturated heterocycles. The van der Waals surface area contributed by atoms with Gasteiger partial charge in [-0.25, -0.2) is 0 Å². The van der Waals surface area contributed by atoms with Crippen LogP contribution in [0.15, 0.2) is 30.3 Å². The van der Waals surface area contributed by atoms with Gasteiger partial charge in [0.2, 0.25) is 0 Å². The van der Waals surface area contributed by atoms with E-state index in [-0.39, 0.29) is 18.1 Å². The largest absolute Gasteiger partial charge is 0.491 e. The molecule has 5 nitrogen and oxygen atoms in total. The molecule has 130 valence electrons. The molecule has 2 N–H and O–H groups in total. The van der Waals surface area contributed by atoms with Gasteiger partial charge in [-0.2, -0.15) is 5.10 Å². The molecule has 0 amide bonds. The summed E-state index contributed by atoms with van der Waals surface area (Å²) in [5, 5.41) is 17.6. The molecule has 3 rings (SSSR count). The Bertz CT molecular complexity index is 668. The Morgan fingerprint density at radius 1 is 1.33 bits per heavy atom. The Kier molecular flexibility index (Phi) is 5.21. The first-order valence-corrected chi connectivity index (χ1v) is 8.66. The van der Waals surface area contributed by atoms with E-state index in [0.29, 0.717) is 6.54 Å². The first kappa shape index (κ1) is 17.0. The van der Waals surface area contributed by atoms with E-state index in [1.807, 2.05) is 32.9 Å². The van der Waals surface area contributed by atoms with Crippen LogP contribution >= 0.6 is 0 Å². The lowest BCUT2D eigenvalue weighted by molar-refractivity contribution is 0.140. The number of aliphatic hydroxyl groups is 1. The molecule has 0 unspecified atom stereocenters. The van der Waals surface area contributed by atoms with Gasteiger partial charge in [0, 0.05) is 31.2 Å². The average molecular weight is 329 g/mol. The fourth-order valence-corrected chi connectivity index (χ4v) is 3.37. The van der Waals surface area contributed by atoms with E-state index in [1.54, 1.807) is 0 Å². The van der Waals surface area contributed by atoms with E-state index >= 15 is 0 Å². The number of nitrogens with one attached hydrogen (secondary N) is 1. The van der Waals surface area contributed by atoms with Gasteiger partial charge in [-0.3, -0.25) is 10.00 Å².